The smallest absolute Gasteiger partial charge is 0.246 e. The van der Waals surface area contributed by atoms with Crippen LogP contribution in [0.5, 0.6) is 0 Å². The van der Waals surface area contributed by atoms with Gasteiger partial charge in [-0.15, -0.1) is 11.6 Å². The Morgan fingerprint density at radius 1 is 0.933 bits per heavy atom. The number of aliphatic hydroxyl groups excluding tert-OH is 1. The summed E-state index contributed by atoms with van der Waals surface area (Å²) in [6.45, 7) is 4.38. The van der Waals surface area contributed by atoms with Gasteiger partial charge in [0.05, 0.1) is 6.61 Å². The zero-order valence-corrected chi connectivity index (χ0v) is 18.3. The molecular formula is C21H30ClN3O5. The number of halogens is 1. The number of amides is 3. The molecule has 4 N–H and O–H groups in total. The highest BCUT2D eigenvalue weighted by Crippen LogP contribution is 2.17. The molecule has 8 nitrogen and oxygen atoms in total. The summed E-state index contributed by atoms with van der Waals surface area (Å²) >= 11 is 5.83. The molecule has 1 aromatic rings. The SMILES string of the molecule is CC(=O)CCCCC(=O)N[C@@H](C)C(=O)N[C@@H](C)C(=O)Nc1cc(CO)cc(CCl)c1. The molecule has 30 heavy (non-hydrogen) atoms. The Morgan fingerprint density at radius 2 is 1.53 bits per heavy atom. The van der Waals surface area contributed by atoms with E-state index in [1.165, 1.54) is 20.8 Å². The lowest BCUT2D eigenvalue weighted by Gasteiger charge is -2.19. The number of hydrogen-bond acceptors (Lipinski definition) is 5. The maximum atomic E-state index is 12.4. The topological polar surface area (TPSA) is 125 Å². The van der Waals surface area contributed by atoms with Crippen LogP contribution in [0.3, 0.4) is 0 Å². The van der Waals surface area contributed by atoms with E-state index in [4.69, 9.17) is 11.6 Å². The van der Waals surface area contributed by atoms with Crippen molar-refractivity contribution in [2.45, 2.75) is 71.0 Å². The van der Waals surface area contributed by atoms with E-state index < -0.39 is 23.9 Å². The molecule has 9 heteroatoms. The highest BCUT2D eigenvalue weighted by molar-refractivity contribution is 6.17. The van der Waals surface area contributed by atoms with E-state index >= 15 is 0 Å². The fourth-order valence-electron chi connectivity index (χ4n) is 2.70. The van der Waals surface area contributed by atoms with E-state index in [-0.39, 0.29) is 30.6 Å². The van der Waals surface area contributed by atoms with Crippen LogP contribution in [0.1, 0.15) is 57.6 Å². The van der Waals surface area contributed by atoms with Crippen LogP contribution in [-0.4, -0.2) is 40.7 Å². The Balaban J connectivity index is 2.51. The number of aliphatic hydroxyl groups is 1. The van der Waals surface area contributed by atoms with Gasteiger partial charge in [0.1, 0.15) is 17.9 Å². The summed E-state index contributed by atoms with van der Waals surface area (Å²) in [5.74, 6) is -0.901. The molecule has 0 fully saturated rings. The van der Waals surface area contributed by atoms with Gasteiger partial charge < -0.3 is 25.9 Å². The summed E-state index contributed by atoms with van der Waals surface area (Å²) in [5.41, 5.74) is 1.82. The lowest BCUT2D eigenvalue weighted by molar-refractivity contribution is -0.130. The first-order valence-corrected chi connectivity index (χ1v) is 10.4. The highest BCUT2D eigenvalue weighted by atomic mass is 35.5. The van der Waals surface area contributed by atoms with Crippen molar-refractivity contribution >= 4 is 40.8 Å². The molecule has 1 rings (SSSR count). The van der Waals surface area contributed by atoms with E-state index in [1.54, 1.807) is 18.2 Å². The van der Waals surface area contributed by atoms with E-state index in [9.17, 15) is 24.3 Å². The molecule has 0 spiro atoms. The number of Topliss-reactive ketones (excluding diaryl/α,β-unsaturated/α-hetero) is 1. The summed E-state index contributed by atoms with van der Waals surface area (Å²) in [7, 11) is 0. The van der Waals surface area contributed by atoms with Crippen molar-refractivity contribution in [1.29, 1.82) is 0 Å². The van der Waals surface area contributed by atoms with Crippen LogP contribution < -0.4 is 16.0 Å². The molecule has 0 aliphatic rings. The lowest BCUT2D eigenvalue weighted by atomic mass is 10.1. The Bertz CT molecular complexity index is 747. The molecule has 0 bridgehead atoms. The Labute approximate surface area is 181 Å². The summed E-state index contributed by atoms with van der Waals surface area (Å²) < 4.78 is 0. The lowest BCUT2D eigenvalue weighted by Crippen LogP contribution is -2.50. The second kappa shape index (κ2) is 13.0. The number of hydrogen-bond donors (Lipinski definition) is 4. The standard InChI is InChI=1S/C21H30ClN3O5/c1-13(27)6-4-5-7-19(28)23-14(2)20(29)24-15(3)21(30)25-18-9-16(11-22)8-17(10-18)12-26/h8-10,14-15,26H,4-7,11-12H2,1-3H3,(H,23,28)(H,24,29)(H,25,30)/t14-,15-/m0/s1. The maximum absolute atomic E-state index is 12.4. The van der Waals surface area contributed by atoms with E-state index in [1.807, 2.05) is 0 Å². The molecule has 0 aliphatic carbocycles. The minimum absolute atomic E-state index is 0.0809. The average molecular weight is 440 g/mol. The summed E-state index contributed by atoms with van der Waals surface area (Å²) in [6, 6.07) is 3.40. The van der Waals surface area contributed by atoms with Gasteiger partial charge in [-0.3, -0.25) is 14.4 Å². The monoisotopic (exact) mass is 439 g/mol. The number of carbonyl (C=O) groups excluding carboxylic acids is 4. The van der Waals surface area contributed by atoms with Crippen molar-refractivity contribution < 1.29 is 24.3 Å². The van der Waals surface area contributed by atoms with Crippen molar-refractivity contribution in [2.75, 3.05) is 5.32 Å². The highest BCUT2D eigenvalue weighted by Gasteiger charge is 2.21. The molecule has 0 unspecified atom stereocenters. The van der Waals surface area contributed by atoms with Crippen molar-refractivity contribution in [3.05, 3.63) is 29.3 Å². The molecule has 1 aromatic carbocycles. The van der Waals surface area contributed by atoms with Gasteiger partial charge in [0.15, 0.2) is 0 Å². The molecule has 0 radical (unpaired) electrons. The first kappa shape index (κ1) is 25.6. The molecule has 166 valence electrons. The van der Waals surface area contributed by atoms with E-state index in [2.05, 4.69) is 16.0 Å². The number of benzene rings is 1. The van der Waals surface area contributed by atoms with Gasteiger partial charge in [0.25, 0.3) is 0 Å². The normalized spacial score (nSPS) is 12.6. The first-order chi connectivity index (χ1) is 14.2. The zero-order chi connectivity index (χ0) is 22.7. The van der Waals surface area contributed by atoms with Crippen LogP contribution >= 0.6 is 11.6 Å². The number of unbranched alkanes of at least 4 members (excludes halogenated alkanes) is 1. The van der Waals surface area contributed by atoms with Crippen molar-refractivity contribution in [3.8, 4) is 0 Å². The predicted octanol–water partition coefficient (Wildman–Crippen LogP) is 2.01. The third kappa shape index (κ3) is 9.37. The maximum Gasteiger partial charge on any atom is 0.246 e. The van der Waals surface area contributed by atoms with E-state index in [0.717, 1.165) is 5.56 Å². The van der Waals surface area contributed by atoms with Gasteiger partial charge in [-0.2, -0.15) is 0 Å². The Morgan fingerprint density at radius 3 is 2.13 bits per heavy atom. The fraction of sp³-hybridized carbons (Fsp3) is 0.524. The Kier molecular flexibility index (Phi) is 11.1. The molecule has 2 atom stereocenters. The fourth-order valence-corrected chi connectivity index (χ4v) is 2.85. The quantitative estimate of drug-likeness (QED) is 0.293. The zero-order valence-electron chi connectivity index (χ0n) is 17.6. The average Bonchev–Trinajstić information content (AvgIpc) is 2.70. The summed E-state index contributed by atoms with van der Waals surface area (Å²) in [4.78, 5) is 47.4. The molecule has 0 saturated heterocycles. The van der Waals surface area contributed by atoms with Crippen molar-refractivity contribution in [1.82, 2.24) is 10.6 Å². The second-order valence-corrected chi connectivity index (χ2v) is 7.52. The van der Waals surface area contributed by atoms with Crippen LogP contribution in [0.25, 0.3) is 0 Å². The van der Waals surface area contributed by atoms with Crippen LogP contribution in [0.4, 0.5) is 5.69 Å². The molecule has 0 heterocycles. The number of nitrogens with one attached hydrogen (secondary N) is 3. The number of anilines is 1. The van der Waals surface area contributed by atoms with Gasteiger partial charge in [-0.25, -0.2) is 0 Å². The first-order valence-electron chi connectivity index (χ1n) is 9.86. The van der Waals surface area contributed by atoms with Crippen LogP contribution in [-0.2, 0) is 31.7 Å². The number of alkyl halides is 1. The number of rotatable bonds is 12. The van der Waals surface area contributed by atoms with Crippen molar-refractivity contribution in [2.24, 2.45) is 0 Å². The second-order valence-electron chi connectivity index (χ2n) is 7.25. The van der Waals surface area contributed by atoms with Gasteiger partial charge in [-0.1, -0.05) is 6.07 Å². The summed E-state index contributed by atoms with van der Waals surface area (Å²) in [5, 5.41) is 17.1. The Hall–Kier alpha value is -2.45. The van der Waals surface area contributed by atoms with Crippen LogP contribution in [0.15, 0.2) is 18.2 Å². The van der Waals surface area contributed by atoms with Gasteiger partial charge in [0, 0.05) is 24.4 Å². The number of ketones is 1. The van der Waals surface area contributed by atoms with Crippen LogP contribution in [0.2, 0.25) is 0 Å². The number of carbonyl (C=O) groups is 4. The molecule has 3 amide bonds. The van der Waals surface area contributed by atoms with E-state index in [0.29, 0.717) is 30.5 Å². The van der Waals surface area contributed by atoms with Gasteiger partial charge >= 0.3 is 0 Å². The third-order valence-electron chi connectivity index (χ3n) is 4.36. The molecule has 0 saturated carbocycles. The molecule has 0 aromatic heterocycles. The van der Waals surface area contributed by atoms with Gasteiger partial charge in [0.2, 0.25) is 17.7 Å². The largest absolute Gasteiger partial charge is 0.392 e. The predicted molar refractivity (Wildman–Crippen MR) is 115 cm³/mol. The summed E-state index contributed by atoms with van der Waals surface area (Å²) in [6.07, 6.45) is 1.85. The molecule has 0 aliphatic heterocycles. The third-order valence-corrected chi connectivity index (χ3v) is 4.67. The minimum Gasteiger partial charge on any atom is -0.392 e. The van der Waals surface area contributed by atoms with Gasteiger partial charge in [-0.05, 0) is 56.9 Å². The minimum atomic E-state index is -0.843. The van der Waals surface area contributed by atoms with Crippen molar-refractivity contribution in [3.63, 3.8) is 0 Å². The van der Waals surface area contributed by atoms with Crippen LogP contribution in [0, 0.1) is 0 Å². The molecular weight excluding hydrogens is 410 g/mol.